The molecule has 0 radical (unpaired) electrons. The summed E-state index contributed by atoms with van der Waals surface area (Å²) < 4.78 is 5.33. The molecule has 1 aliphatic heterocycles. The Morgan fingerprint density at radius 2 is 2.24 bits per heavy atom. The monoisotopic (exact) mass is 306 g/mol. The molecule has 1 unspecified atom stereocenters. The number of anilines is 1. The Bertz CT molecular complexity index is 506. The average molecular weight is 306 g/mol. The van der Waals surface area contributed by atoms with Crippen LogP contribution in [0.25, 0.3) is 0 Å². The third-order valence-electron chi connectivity index (χ3n) is 3.95. The van der Waals surface area contributed by atoms with Crippen molar-refractivity contribution in [2.75, 3.05) is 37.6 Å². The highest BCUT2D eigenvalue weighted by atomic mass is 32.1. The van der Waals surface area contributed by atoms with Crippen LogP contribution in [0.2, 0.25) is 0 Å². The summed E-state index contributed by atoms with van der Waals surface area (Å²) >= 11 is 1.72. The van der Waals surface area contributed by atoms with Crippen LogP contribution >= 0.6 is 11.3 Å². The predicted molar refractivity (Wildman–Crippen MR) is 85.8 cm³/mol. The van der Waals surface area contributed by atoms with Gasteiger partial charge in [0.05, 0.1) is 12.8 Å². The molecule has 0 amide bonds. The molecule has 3 heterocycles. The van der Waals surface area contributed by atoms with Crippen LogP contribution in [0.5, 0.6) is 0 Å². The Morgan fingerprint density at radius 1 is 1.38 bits per heavy atom. The second kappa shape index (κ2) is 7.06. The second-order valence-corrected chi connectivity index (χ2v) is 6.27. The zero-order valence-corrected chi connectivity index (χ0v) is 13.2. The number of nitrogens with zero attached hydrogens (tertiary/aromatic N) is 3. The second-order valence-electron chi connectivity index (χ2n) is 5.40. The van der Waals surface area contributed by atoms with Crippen LogP contribution in [0.1, 0.15) is 12.7 Å². The lowest BCUT2D eigenvalue weighted by atomic mass is 10.2. The highest BCUT2D eigenvalue weighted by molar-refractivity contribution is 7.13. The van der Waals surface area contributed by atoms with E-state index in [2.05, 4.69) is 27.0 Å². The number of nitrogens with one attached hydrogen (secondary N) is 1. The number of rotatable bonds is 6. The van der Waals surface area contributed by atoms with E-state index < -0.39 is 0 Å². The van der Waals surface area contributed by atoms with Crippen molar-refractivity contribution in [1.82, 2.24) is 15.2 Å². The molecule has 114 valence electrons. The first-order chi connectivity index (χ1) is 10.3. The first kappa shape index (κ1) is 14.6. The lowest BCUT2D eigenvalue weighted by Gasteiger charge is -2.38. The van der Waals surface area contributed by atoms with Crippen molar-refractivity contribution in [2.24, 2.45) is 0 Å². The van der Waals surface area contributed by atoms with Crippen LogP contribution < -0.4 is 10.2 Å². The minimum absolute atomic E-state index is 0.540. The molecule has 1 atom stereocenters. The topological polar surface area (TPSA) is 44.5 Å². The van der Waals surface area contributed by atoms with Gasteiger partial charge in [-0.15, -0.1) is 11.3 Å². The van der Waals surface area contributed by atoms with Gasteiger partial charge in [0, 0.05) is 50.3 Å². The number of furan rings is 1. The van der Waals surface area contributed by atoms with Gasteiger partial charge in [-0.3, -0.25) is 4.90 Å². The van der Waals surface area contributed by atoms with Crippen molar-refractivity contribution < 1.29 is 4.42 Å². The first-order valence-electron chi connectivity index (χ1n) is 7.44. The number of hydrogen-bond acceptors (Lipinski definition) is 6. The molecule has 1 fully saturated rings. The smallest absolute Gasteiger partial charge is 0.185 e. The van der Waals surface area contributed by atoms with E-state index in [1.807, 2.05) is 23.7 Å². The highest BCUT2D eigenvalue weighted by Gasteiger charge is 2.21. The summed E-state index contributed by atoms with van der Waals surface area (Å²) in [6.07, 6.45) is 3.60. The van der Waals surface area contributed by atoms with E-state index >= 15 is 0 Å². The summed E-state index contributed by atoms with van der Waals surface area (Å²) in [5, 5.41) is 6.66. The van der Waals surface area contributed by atoms with Gasteiger partial charge >= 0.3 is 0 Å². The van der Waals surface area contributed by atoms with Gasteiger partial charge in [0.2, 0.25) is 0 Å². The van der Waals surface area contributed by atoms with Gasteiger partial charge in [0.1, 0.15) is 5.76 Å². The fourth-order valence-electron chi connectivity index (χ4n) is 2.67. The van der Waals surface area contributed by atoms with Gasteiger partial charge in [0.25, 0.3) is 0 Å². The fourth-order valence-corrected chi connectivity index (χ4v) is 3.37. The number of thiazole rings is 1. The van der Waals surface area contributed by atoms with Crippen molar-refractivity contribution in [3.05, 3.63) is 35.7 Å². The van der Waals surface area contributed by atoms with E-state index in [9.17, 15) is 0 Å². The minimum atomic E-state index is 0.540. The molecule has 0 saturated carbocycles. The molecule has 5 nitrogen and oxygen atoms in total. The predicted octanol–water partition coefficient (Wildman–Crippen LogP) is 2.04. The Labute approximate surface area is 129 Å². The summed E-state index contributed by atoms with van der Waals surface area (Å²) in [5.74, 6) is 0.996. The normalized spacial score (nSPS) is 18.0. The van der Waals surface area contributed by atoms with E-state index in [-0.39, 0.29) is 0 Å². The van der Waals surface area contributed by atoms with Crippen LogP contribution in [0.15, 0.2) is 34.4 Å². The molecular weight excluding hydrogens is 284 g/mol. The SMILES string of the molecule is CC(CNCc1ccco1)N1CCN(c2nccs2)CC1. The summed E-state index contributed by atoms with van der Waals surface area (Å²) in [6, 6.07) is 4.47. The summed E-state index contributed by atoms with van der Waals surface area (Å²) in [7, 11) is 0. The Hall–Kier alpha value is -1.37. The lowest BCUT2D eigenvalue weighted by Crippen LogP contribution is -2.51. The van der Waals surface area contributed by atoms with E-state index in [4.69, 9.17) is 4.42 Å². The van der Waals surface area contributed by atoms with Gasteiger partial charge in [-0.2, -0.15) is 0 Å². The fraction of sp³-hybridized carbons (Fsp3) is 0.533. The summed E-state index contributed by atoms with van der Waals surface area (Å²) in [5.41, 5.74) is 0. The standard InChI is InChI=1S/C15H22N4OS/c1-13(11-16-12-14-3-2-9-20-14)18-5-7-19(8-6-18)15-17-4-10-21-15/h2-4,9-10,13,16H,5-8,11-12H2,1H3. The zero-order chi connectivity index (χ0) is 14.5. The number of aromatic nitrogens is 1. The molecule has 2 aromatic heterocycles. The van der Waals surface area contributed by atoms with Crippen LogP contribution in [0, 0.1) is 0 Å². The molecule has 0 aliphatic carbocycles. The minimum Gasteiger partial charge on any atom is -0.468 e. The average Bonchev–Trinajstić information content (AvgIpc) is 3.21. The summed E-state index contributed by atoms with van der Waals surface area (Å²) in [4.78, 5) is 9.31. The third-order valence-corrected chi connectivity index (χ3v) is 4.78. The molecule has 0 bridgehead atoms. The molecule has 21 heavy (non-hydrogen) atoms. The van der Waals surface area contributed by atoms with E-state index in [1.165, 1.54) is 0 Å². The maximum Gasteiger partial charge on any atom is 0.185 e. The van der Waals surface area contributed by atoms with Gasteiger partial charge in [0.15, 0.2) is 5.13 Å². The van der Waals surface area contributed by atoms with Crippen LogP contribution in [-0.4, -0.2) is 48.6 Å². The zero-order valence-electron chi connectivity index (χ0n) is 12.4. The quantitative estimate of drug-likeness (QED) is 0.885. The Kier molecular flexibility index (Phi) is 4.90. The molecular formula is C15H22N4OS. The maximum absolute atomic E-state index is 5.33. The van der Waals surface area contributed by atoms with E-state index in [1.54, 1.807) is 17.6 Å². The van der Waals surface area contributed by atoms with Gasteiger partial charge in [-0.1, -0.05) is 0 Å². The molecule has 0 spiro atoms. The Balaban J connectivity index is 1.39. The molecule has 3 rings (SSSR count). The van der Waals surface area contributed by atoms with Crippen molar-refractivity contribution >= 4 is 16.5 Å². The summed E-state index contributed by atoms with van der Waals surface area (Å²) in [6.45, 7) is 8.40. The van der Waals surface area contributed by atoms with Gasteiger partial charge < -0.3 is 14.6 Å². The first-order valence-corrected chi connectivity index (χ1v) is 8.32. The molecule has 2 aromatic rings. The third kappa shape index (κ3) is 3.84. The molecule has 1 saturated heterocycles. The number of piperazine rings is 1. The molecule has 1 N–H and O–H groups in total. The van der Waals surface area contributed by atoms with Crippen LogP contribution in [0.3, 0.4) is 0 Å². The van der Waals surface area contributed by atoms with Crippen LogP contribution in [0.4, 0.5) is 5.13 Å². The van der Waals surface area contributed by atoms with Crippen molar-refractivity contribution in [3.63, 3.8) is 0 Å². The van der Waals surface area contributed by atoms with Gasteiger partial charge in [-0.25, -0.2) is 4.98 Å². The van der Waals surface area contributed by atoms with E-state index in [0.29, 0.717) is 6.04 Å². The Morgan fingerprint density at radius 3 is 2.90 bits per heavy atom. The molecule has 6 heteroatoms. The maximum atomic E-state index is 5.33. The largest absolute Gasteiger partial charge is 0.468 e. The molecule has 1 aliphatic rings. The lowest BCUT2D eigenvalue weighted by molar-refractivity contribution is 0.192. The van der Waals surface area contributed by atoms with Crippen molar-refractivity contribution in [2.45, 2.75) is 19.5 Å². The number of hydrogen-bond donors (Lipinski definition) is 1. The highest BCUT2D eigenvalue weighted by Crippen LogP contribution is 2.19. The molecule has 0 aromatic carbocycles. The van der Waals surface area contributed by atoms with Gasteiger partial charge in [-0.05, 0) is 19.1 Å². The van der Waals surface area contributed by atoms with Crippen LogP contribution in [-0.2, 0) is 6.54 Å². The van der Waals surface area contributed by atoms with E-state index in [0.717, 1.165) is 50.2 Å². The van der Waals surface area contributed by atoms with Crippen molar-refractivity contribution in [3.8, 4) is 0 Å². The van der Waals surface area contributed by atoms with Crippen molar-refractivity contribution in [1.29, 1.82) is 0 Å².